The van der Waals surface area contributed by atoms with Crippen molar-refractivity contribution in [1.82, 2.24) is 5.32 Å². The zero-order valence-corrected chi connectivity index (χ0v) is 16.4. The number of hydrogen-bond acceptors (Lipinski definition) is 4. The minimum Gasteiger partial charge on any atom is -0.481 e. The van der Waals surface area contributed by atoms with Gasteiger partial charge in [-0.05, 0) is 43.5 Å². The van der Waals surface area contributed by atoms with Crippen LogP contribution in [0, 0.1) is 6.92 Å². The van der Waals surface area contributed by atoms with E-state index in [1.807, 2.05) is 31.2 Å². The maximum absolute atomic E-state index is 12.5. The van der Waals surface area contributed by atoms with Gasteiger partial charge in [-0.1, -0.05) is 37.3 Å². The highest BCUT2D eigenvalue weighted by Crippen LogP contribution is 2.23. The fourth-order valence-electron chi connectivity index (χ4n) is 3.23. The molecule has 3 rings (SSSR count). The Morgan fingerprint density at radius 3 is 2.61 bits per heavy atom. The maximum atomic E-state index is 12.5. The molecule has 0 aliphatic rings. The topological polar surface area (TPSA) is 68.5 Å². The molecule has 0 unspecified atom stereocenters. The monoisotopic (exact) mass is 379 g/mol. The molecule has 1 N–H and O–H groups in total. The number of ether oxygens (including phenoxy) is 1. The van der Waals surface area contributed by atoms with E-state index in [1.54, 1.807) is 19.1 Å². The molecule has 2 atom stereocenters. The fourth-order valence-corrected chi connectivity index (χ4v) is 3.23. The molecule has 28 heavy (non-hydrogen) atoms. The number of hydrogen-bond donors (Lipinski definition) is 1. The van der Waals surface area contributed by atoms with Crippen LogP contribution in [-0.2, 0) is 4.79 Å². The van der Waals surface area contributed by atoms with Crippen molar-refractivity contribution in [2.75, 3.05) is 6.54 Å². The first kappa shape index (κ1) is 19.7. The summed E-state index contributed by atoms with van der Waals surface area (Å²) in [6.07, 6.45) is 0.269. The fraction of sp³-hybridized carbons (Fsp3) is 0.304. The Bertz CT molecular complexity index is 1010. The molecule has 0 saturated heterocycles. The summed E-state index contributed by atoms with van der Waals surface area (Å²) < 4.78 is 11.0. The first-order valence-electron chi connectivity index (χ1n) is 9.51. The van der Waals surface area contributed by atoms with Crippen LogP contribution in [0.3, 0.4) is 0 Å². The highest BCUT2D eigenvalue weighted by molar-refractivity contribution is 5.82. The van der Waals surface area contributed by atoms with Crippen molar-refractivity contribution >= 4 is 16.9 Å². The van der Waals surface area contributed by atoms with Gasteiger partial charge in [0.1, 0.15) is 11.3 Å². The summed E-state index contributed by atoms with van der Waals surface area (Å²) in [4.78, 5) is 24.0. The van der Waals surface area contributed by atoms with E-state index in [2.05, 4.69) is 24.4 Å². The largest absolute Gasteiger partial charge is 0.481 e. The molecule has 146 valence electrons. The molecule has 0 aliphatic heterocycles. The Balaban J connectivity index is 1.64. The van der Waals surface area contributed by atoms with Gasteiger partial charge in [-0.25, -0.2) is 4.79 Å². The average molecular weight is 379 g/mol. The van der Waals surface area contributed by atoms with Crippen LogP contribution in [-0.4, -0.2) is 18.6 Å². The molecule has 5 nitrogen and oxygen atoms in total. The van der Waals surface area contributed by atoms with Crippen molar-refractivity contribution in [1.29, 1.82) is 0 Å². The van der Waals surface area contributed by atoms with Crippen molar-refractivity contribution in [2.24, 2.45) is 0 Å². The quantitative estimate of drug-likeness (QED) is 0.625. The van der Waals surface area contributed by atoms with E-state index in [9.17, 15) is 9.59 Å². The third-order valence-corrected chi connectivity index (χ3v) is 4.89. The normalized spacial score (nSPS) is 13.1. The highest BCUT2D eigenvalue weighted by Gasteiger charge is 2.17. The summed E-state index contributed by atoms with van der Waals surface area (Å²) in [6.45, 7) is 6.22. The first-order valence-corrected chi connectivity index (χ1v) is 9.51. The van der Waals surface area contributed by atoms with Crippen molar-refractivity contribution in [3.8, 4) is 5.75 Å². The molecule has 0 bridgehead atoms. The lowest BCUT2D eigenvalue weighted by molar-refractivity contribution is -0.127. The molecule has 2 aromatic carbocycles. The van der Waals surface area contributed by atoms with Gasteiger partial charge < -0.3 is 14.5 Å². The third kappa shape index (κ3) is 4.60. The lowest BCUT2D eigenvalue weighted by Gasteiger charge is -2.19. The smallest absolute Gasteiger partial charge is 0.336 e. The predicted octanol–water partition coefficient (Wildman–Crippen LogP) is 4.18. The molecular weight excluding hydrogens is 354 g/mol. The highest BCUT2D eigenvalue weighted by atomic mass is 16.5. The maximum Gasteiger partial charge on any atom is 0.336 e. The lowest BCUT2D eigenvalue weighted by atomic mass is 9.96. The summed E-state index contributed by atoms with van der Waals surface area (Å²) in [6, 6.07) is 16.8. The van der Waals surface area contributed by atoms with E-state index in [1.165, 1.54) is 11.6 Å². The number of nitrogens with one attached hydrogen (secondary N) is 1. The van der Waals surface area contributed by atoms with Gasteiger partial charge in [-0.15, -0.1) is 0 Å². The van der Waals surface area contributed by atoms with Crippen LogP contribution in [0.15, 0.2) is 63.8 Å². The van der Waals surface area contributed by atoms with Crippen molar-refractivity contribution < 1.29 is 13.9 Å². The minimum absolute atomic E-state index is 0.180. The van der Waals surface area contributed by atoms with Crippen LogP contribution in [0.4, 0.5) is 0 Å². The van der Waals surface area contributed by atoms with Gasteiger partial charge >= 0.3 is 5.63 Å². The van der Waals surface area contributed by atoms with Gasteiger partial charge in [0, 0.05) is 30.0 Å². The lowest BCUT2D eigenvalue weighted by Crippen LogP contribution is -2.38. The van der Waals surface area contributed by atoms with Crippen LogP contribution in [0.1, 0.15) is 37.3 Å². The molecule has 1 aromatic heterocycles. The summed E-state index contributed by atoms with van der Waals surface area (Å²) in [5, 5.41) is 3.82. The third-order valence-electron chi connectivity index (χ3n) is 4.89. The van der Waals surface area contributed by atoms with Gasteiger partial charge in [0.2, 0.25) is 0 Å². The van der Waals surface area contributed by atoms with Crippen molar-refractivity contribution in [3.63, 3.8) is 0 Å². The van der Waals surface area contributed by atoms with Gasteiger partial charge in [-0.2, -0.15) is 0 Å². The van der Waals surface area contributed by atoms with Crippen molar-refractivity contribution in [3.05, 3.63) is 76.1 Å². The Kier molecular flexibility index (Phi) is 6.14. The summed E-state index contributed by atoms with van der Waals surface area (Å²) in [5.41, 5.74) is 2.10. The SMILES string of the molecule is CC[C@@H](CNC(=O)[C@H](C)Oc1ccc2c(C)cc(=O)oc2c1)c1ccccc1. The number of fused-ring (bicyclic) bond motifs is 1. The Hall–Kier alpha value is -3.08. The Labute approximate surface area is 164 Å². The van der Waals surface area contributed by atoms with Crippen LogP contribution in [0.5, 0.6) is 5.75 Å². The van der Waals surface area contributed by atoms with Crippen LogP contribution < -0.4 is 15.7 Å². The molecular formula is C23H25NO4. The van der Waals surface area contributed by atoms with Crippen molar-refractivity contribution in [2.45, 2.75) is 39.2 Å². The second-order valence-electron chi connectivity index (χ2n) is 6.93. The molecule has 5 heteroatoms. The number of rotatable bonds is 7. The van der Waals surface area contributed by atoms with Gasteiger partial charge in [-0.3, -0.25) is 4.79 Å². The Morgan fingerprint density at radius 1 is 1.14 bits per heavy atom. The van der Waals surface area contributed by atoms with E-state index < -0.39 is 11.7 Å². The first-order chi connectivity index (χ1) is 13.5. The van der Waals surface area contributed by atoms with E-state index >= 15 is 0 Å². The minimum atomic E-state index is -0.665. The van der Waals surface area contributed by atoms with E-state index in [0.717, 1.165) is 17.4 Å². The molecule has 1 heterocycles. The second-order valence-corrected chi connectivity index (χ2v) is 6.93. The molecule has 3 aromatic rings. The zero-order valence-electron chi connectivity index (χ0n) is 16.4. The van der Waals surface area contributed by atoms with Crippen LogP contribution >= 0.6 is 0 Å². The van der Waals surface area contributed by atoms with Crippen LogP contribution in [0.2, 0.25) is 0 Å². The van der Waals surface area contributed by atoms with Gasteiger partial charge in [0.25, 0.3) is 5.91 Å². The number of amides is 1. The van der Waals surface area contributed by atoms with E-state index in [4.69, 9.17) is 9.15 Å². The molecule has 1 amide bonds. The Morgan fingerprint density at radius 2 is 1.89 bits per heavy atom. The number of carbonyl (C=O) groups excluding carboxylic acids is 1. The average Bonchev–Trinajstić information content (AvgIpc) is 2.68. The van der Waals surface area contributed by atoms with E-state index in [-0.39, 0.29) is 11.8 Å². The summed E-state index contributed by atoms with van der Waals surface area (Å²) >= 11 is 0. The standard InChI is InChI=1S/C23H25NO4/c1-4-17(18-8-6-5-7-9-18)14-24-23(26)16(3)27-19-10-11-20-15(2)12-22(25)28-21(20)13-19/h5-13,16-17H,4,14H2,1-3H3,(H,24,26)/t16-,17-/m0/s1. The molecule has 0 fully saturated rings. The predicted molar refractivity (Wildman–Crippen MR) is 110 cm³/mol. The second kappa shape index (κ2) is 8.74. The van der Waals surface area contributed by atoms with Gasteiger partial charge in [0.15, 0.2) is 6.10 Å². The van der Waals surface area contributed by atoms with E-state index in [0.29, 0.717) is 17.9 Å². The van der Waals surface area contributed by atoms with Crippen LogP contribution in [0.25, 0.3) is 11.0 Å². The molecule has 0 radical (unpaired) electrons. The zero-order chi connectivity index (χ0) is 20.1. The van der Waals surface area contributed by atoms with Gasteiger partial charge in [0.05, 0.1) is 0 Å². The summed E-state index contributed by atoms with van der Waals surface area (Å²) in [7, 11) is 0. The number of aryl methyl sites for hydroxylation is 1. The molecule has 0 saturated carbocycles. The summed E-state index contributed by atoms with van der Waals surface area (Å²) in [5.74, 6) is 0.564. The number of carbonyl (C=O) groups is 1. The molecule has 0 spiro atoms. The number of benzene rings is 2. The molecule has 0 aliphatic carbocycles.